The molecule has 1 aliphatic rings. The van der Waals surface area contributed by atoms with E-state index in [4.69, 9.17) is 5.73 Å². The number of hydrogen-bond donors (Lipinski definition) is 1. The first-order chi connectivity index (χ1) is 8.97. The number of likely N-dealkylation sites (tertiary alicyclic amines) is 1. The molecule has 1 amide bonds. The van der Waals surface area contributed by atoms with Crippen LogP contribution in [0.4, 0.5) is 0 Å². The van der Waals surface area contributed by atoms with E-state index in [1.807, 2.05) is 30.0 Å². The average molecular weight is 325 g/mol. The summed E-state index contributed by atoms with van der Waals surface area (Å²) in [6.07, 6.45) is 2.02. The molecule has 0 spiro atoms. The zero-order chi connectivity index (χ0) is 14.0. The van der Waals surface area contributed by atoms with Gasteiger partial charge in [-0.15, -0.1) is 0 Å². The van der Waals surface area contributed by atoms with Gasteiger partial charge in [0.25, 0.3) is 5.91 Å². The summed E-state index contributed by atoms with van der Waals surface area (Å²) < 4.78 is 0.960. The largest absolute Gasteiger partial charge is 0.339 e. The summed E-state index contributed by atoms with van der Waals surface area (Å²) in [6, 6.07) is 6.09. The van der Waals surface area contributed by atoms with Gasteiger partial charge < -0.3 is 10.6 Å². The maximum Gasteiger partial charge on any atom is 0.253 e. The topological polar surface area (TPSA) is 46.3 Å². The smallest absolute Gasteiger partial charge is 0.253 e. The first-order valence-electron chi connectivity index (χ1n) is 6.79. The molecule has 0 aromatic heterocycles. The molecular formula is C15H21BrN2O. The summed E-state index contributed by atoms with van der Waals surface area (Å²) in [7, 11) is 0. The van der Waals surface area contributed by atoms with Gasteiger partial charge in [-0.3, -0.25) is 4.79 Å². The van der Waals surface area contributed by atoms with Crippen LogP contribution in [0.3, 0.4) is 0 Å². The lowest BCUT2D eigenvalue weighted by molar-refractivity contribution is 0.0681. The Kier molecular flexibility index (Phi) is 4.63. The number of halogens is 1. The first-order valence-corrected chi connectivity index (χ1v) is 7.58. The van der Waals surface area contributed by atoms with Crippen molar-refractivity contribution in [3.05, 3.63) is 33.8 Å². The van der Waals surface area contributed by atoms with Gasteiger partial charge in [-0.1, -0.05) is 15.9 Å². The minimum Gasteiger partial charge on any atom is -0.339 e. The molecule has 1 unspecified atom stereocenters. The van der Waals surface area contributed by atoms with Crippen molar-refractivity contribution in [3.63, 3.8) is 0 Å². The van der Waals surface area contributed by atoms with Crippen molar-refractivity contribution in [3.8, 4) is 0 Å². The third kappa shape index (κ3) is 3.57. The van der Waals surface area contributed by atoms with Gasteiger partial charge in [-0.05, 0) is 56.4 Å². The summed E-state index contributed by atoms with van der Waals surface area (Å²) in [5.41, 5.74) is 7.80. The van der Waals surface area contributed by atoms with E-state index < -0.39 is 0 Å². The molecule has 3 nitrogen and oxygen atoms in total. The predicted octanol–water partition coefficient (Wildman–Crippen LogP) is 2.96. The SMILES string of the molecule is Cc1cc(Br)cc(C(=O)N2CCC(C(C)N)CC2)c1. The van der Waals surface area contributed by atoms with E-state index in [9.17, 15) is 4.79 Å². The quantitative estimate of drug-likeness (QED) is 0.909. The molecule has 1 aromatic rings. The number of aryl methyl sites for hydroxylation is 1. The Balaban J connectivity index is 2.05. The van der Waals surface area contributed by atoms with Crippen LogP contribution in [0.1, 0.15) is 35.7 Å². The highest BCUT2D eigenvalue weighted by Crippen LogP contribution is 2.22. The van der Waals surface area contributed by atoms with Crippen LogP contribution in [0.15, 0.2) is 22.7 Å². The van der Waals surface area contributed by atoms with E-state index >= 15 is 0 Å². The molecule has 1 saturated heterocycles. The Morgan fingerprint density at radius 2 is 2.00 bits per heavy atom. The minimum atomic E-state index is 0.132. The third-order valence-corrected chi connectivity index (χ3v) is 4.32. The molecule has 1 atom stereocenters. The van der Waals surface area contributed by atoms with E-state index in [0.29, 0.717) is 5.92 Å². The third-order valence-electron chi connectivity index (χ3n) is 3.86. The van der Waals surface area contributed by atoms with E-state index in [1.165, 1.54) is 0 Å². The predicted molar refractivity (Wildman–Crippen MR) is 81.2 cm³/mol. The van der Waals surface area contributed by atoms with E-state index in [1.54, 1.807) is 0 Å². The molecule has 1 fully saturated rings. The van der Waals surface area contributed by atoms with Crippen LogP contribution in [-0.4, -0.2) is 29.9 Å². The summed E-state index contributed by atoms with van der Waals surface area (Å²) in [6.45, 7) is 5.69. The van der Waals surface area contributed by atoms with Crippen LogP contribution < -0.4 is 5.73 Å². The van der Waals surface area contributed by atoms with Crippen molar-refractivity contribution < 1.29 is 4.79 Å². The van der Waals surface area contributed by atoms with E-state index in [2.05, 4.69) is 22.9 Å². The van der Waals surface area contributed by atoms with Gasteiger partial charge in [0.15, 0.2) is 0 Å². The summed E-state index contributed by atoms with van der Waals surface area (Å²) in [4.78, 5) is 14.4. The second-order valence-electron chi connectivity index (χ2n) is 5.51. The lowest BCUT2D eigenvalue weighted by atomic mass is 9.90. The number of carbonyl (C=O) groups excluding carboxylic acids is 1. The number of piperidine rings is 1. The molecule has 2 N–H and O–H groups in total. The number of rotatable bonds is 2. The molecule has 1 aromatic carbocycles. The van der Waals surface area contributed by atoms with Crippen LogP contribution in [-0.2, 0) is 0 Å². The Morgan fingerprint density at radius 1 is 1.37 bits per heavy atom. The number of amides is 1. The van der Waals surface area contributed by atoms with Gasteiger partial charge in [0.2, 0.25) is 0 Å². The average Bonchev–Trinajstić information content (AvgIpc) is 2.37. The van der Waals surface area contributed by atoms with Crippen molar-refractivity contribution >= 4 is 21.8 Å². The van der Waals surface area contributed by atoms with Gasteiger partial charge in [0.1, 0.15) is 0 Å². The van der Waals surface area contributed by atoms with E-state index in [0.717, 1.165) is 41.5 Å². The molecule has 1 heterocycles. The fourth-order valence-corrected chi connectivity index (χ4v) is 3.28. The number of carbonyl (C=O) groups is 1. The highest BCUT2D eigenvalue weighted by atomic mass is 79.9. The molecule has 0 aliphatic carbocycles. The van der Waals surface area contributed by atoms with Crippen molar-refractivity contribution in [2.24, 2.45) is 11.7 Å². The van der Waals surface area contributed by atoms with Crippen LogP contribution in [0, 0.1) is 12.8 Å². The van der Waals surface area contributed by atoms with Gasteiger partial charge in [0.05, 0.1) is 0 Å². The number of nitrogens with two attached hydrogens (primary N) is 1. The van der Waals surface area contributed by atoms with Crippen LogP contribution >= 0.6 is 15.9 Å². The van der Waals surface area contributed by atoms with Gasteiger partial charge >= 0.3 is 0 Å². The van der Waals surface area contributed by atoms with Crippen LogP contribution in [0.2, 0.25) is 0 Å². The lowest BCUT2D eigenvalue weighted by Gasteiger charge is -2.33. The monoisotopic (exact) mass is 324 g/mol. The molecule has 1 aliphatic heterocycles. The lowest BCUT2D eigenvalue weighted by Crippen LogP contribution is -2.42. The molecule has 104 valence electrons. The van der Waals surface area contributed by atoms with E-state index in [-0.39, 0.29) is 11.9 Å². The summed E-state index contributed by atoms with van der Waals surface area (Å²) in [5, 5.41) is 0. The van der Waals surface area contributed by atoms with Gasteiger partial charge in [0, 0.05) is 29.2 Å². The Hall–Kier alpha value is -0.870. The molecule has 0 bridgehead atoms. The fraction of sp³-hybridized carbons (Fsp3) is 0.533. The highest BCUT2D eigenvalue weighted by molar-refractivity contribution is 9.10. The van der Waals surface area contributed by atoms with Crippen LogP contribution in [0.5, 0.6) is 0 Å². The second kappa shape index (κ2) is 6.06. The Bertz CT molecular complexity index is 445. The summed E-state index contributed by atoms with van der Waals surface area (Å²) >= 11 is 3.45. The fourth-order valence-electron chi connectivity index (χ4n) is 2.67. The number of benzene rings is 1. The second-order valence-corrected chi connectivity index (χ2v) is 6.42. The molecule has 19 heavy (non-hydrogen) atoms. The highest BCUT2D eigenvalue weighted by Gasteiger charge is 2.25. The number of hydrogen-bond acceptors (Lipinski definition) is 2. The Labute approximate surface area is 123 Å². The number of nitrogens with zero attached hydrogens (tertiary/aromatic N) is 1. The molecule has 0 radical (unpaired) electrons. The van der Waals surface area contributed by atoms with Crippen molar-refractivity contribution in [2.45, 2.75) is 32.7 Å². The minimum absolute atomic E-state index is 0.132. The molecular weight excluding hydrogens is 304 g/mol. The van der Waals surface area contributed by atoms with Crippen molar-refractivity contribution in [1.29, 1.82) is 0 Å². The summed E-state index contributed by atoms with van der Waals surface area (Å²) in [5.74, 6) is 0.681. The zero-order valence-corrected chi connectivity index (χ0v) is 13.1. The molecule has 4 heteroatoms. The van der Waals surface area contributed by atoms with Gasteiger partial charge in [-0.25, -0.2) is 0 Å². The molecule has 2 rings (SSSR count). The van der Waals surface area contributed by atoms with Crippen molar-refractivity contribution in [2.75, 3.05) is 13.1 Å². The van der Waals surface area contributed by atoms with Gasteiger partial charge in [-0.2, -0.15) is 0 Å². The maximum absolute atomic E-state index is 12.5. The normalized spacial score (nSPS) is 18.4. The zero-order valence-electron chi connectivity index (χ0n) is 11.5. The van der Waals surface area contributed by atoms with Crippen molar-refractivity contribution in [1.82, 2.24) is 4.90 Å². The molecule has 0 saturated carbocycles. The first kappa shape index (κ1) is 14.5. The Morgan fingerprint density at radius 3 is 2.53 bits per heavy atom. The maximum atomic E-state index is 12.5. The van der Waals surface area contributed by atoms with Crippen LogP contribution in [0.25, 0.3) is 0 Å². The standard InChI is InChI=1S/C15H21BrN2O/c1-10-7-13(9-14(16)8-10)15(19)18-5-3-12(4-6-18)11(2)17/h7-9,11-12H,3-6,17H2,1-2H3.